The van der Waals surface area contributed by atoms with Crippen molar-refractivity contribution in [3.05, 3.63) is 65.5 Å². The lowest BCUT2D eigenvalue weighted by molar-refractivity contribution is -1.03. The van der Waals surface area contributed by atoms with E-state index in [0.717, 1.165) is 43.9 Å². The van der Waals surface area contributed by atoms with Crippen molar-refractivity contribution in [1.29, 1.82) is 0 Å². The van der Waals surface area contributed by atoms with Crippen molar-refractivity contribution in [2.24, 2.45) is 0 Å². The van der Waals surface area contributed by atoms with Crippen LogP contribution in [0.1, 0.15) is 11.1 Å². The number of halogens is 1. The SMILES string of the molecule is Cc1ccc(-c2nnn(C[NH+]3CC[NH+](Cc4ccccc4F)CC3)n2)cc1. The Kier molecular flexibility index (Phi) is 5.22. The lowest BCUT2D eigenvalue weighted by atomic mass is 10.1. The van der Waals surface area contributed by atoms with Gasteiger partial charge in [0.2, 0.25) is 5.82 Å². The number of benzene rings is 2. The largest absolute Gasteiger partial charge is 0.322 e. The monoisotopic (exact) mass is 368 g/mol. The number of piperazine rings is 1. The van der Waals surface area contributed by atoms with Gasteiger partial charge in [-0.05, 0) is 18.2 Å². The summed E-state index contributed by atoms with van der Waals surface area (Å²) < 4.78 is 13.8. The predicted molar refractivity (Wildman–Crippen MR) is 99.5 cm³/mol. The molecule has 1 saturated heterocycles. The molecule has 1 aliphatic rings. The molecule has 0 saturated carbocycles. The summed E-state index contributed by atoms with van der Waals surface area (Å²) >= 11 is 0. The van der Waals surface area contributed by atoms with Gasteiger partial charge in [0.05, 0.1) is 0 Å². The summed E-state index contributed by atoms with van der Waals surface area (Å²) in [6, 6.07) is 15.2. The smallest absolute Gasteiger partial charge is 0.205 e. The van der Waals surface area contributed by atoms with E-state index in [2.05, 4.69) is 34.5 Å². The Hall–Kier alpha value is -2.64. The van der Waals surface area contributed by atoms with E-state index in [1.165, 1.54) is 21.4 Å². The van der Waals surface area contributed by atoms with E-state index < -0.39 is 0 Å². The average Bonchev–Trinajstić information content (AvgIpc) is 3.14. The highest BCUT2D eigenvalue weighted by atomic mass is 19.1. The number of tetrazole rings is 1. The molecule has 2 heterocycles. The van der Waals surface area contributed by atoms with E-state index in [0.29, 0.717) is 12.5 Å². The maximum absolute atomic E-state index is 13.8. The van der Waals surface area contributed by atoms with Gasteiger partial charge in [-0.3, -0.25) is 0 Å². The van der Waals surface area contributed by atoms with Crippen LogP contribution in [0.4, 0.5) is 4.39 Å². The number of aromatic nitrogens is 4. The van der Waals surface area contributed by atoms with Gasteiger partial charge in [-0.1, -0.05) is 48.0 Å². The number of hydrogen-bond donors (Lipinski definition) is 2. The van der Waals surface area contributed by atoms with Gasteiger partial charge in [0.15, 0.2) is 6.67 Å². The minimum atomic E-state index is -0.102. The molecular formula is C20H25FN6+2. The van der Waals surface area contributed by atoms with Gasteiger partial charge in [-0.25, -0.2) is 4.39 Å². The van der Waals surface area contributed by atoms with Gasteiger partial charge < -0.3 is 9.80 Å². The molecule has 2 N–H and O–H groups in total. The number of quaternary nitrogens is 2. The van der Waals surface area contributed by atoms with Crippen LogP contribution in [0.15, 0.2) is 48.5 Å². The van der Waals surface area contributed by atoms with Crippen LogP contribution in [-0.2, 0) is 13.2 Å². The molecule has 1 fully saturated rings. The Morgan fingerprint density at radius 2 is 1.67 bits per heavy atom. The maximum Gasteiger partial charge on any atom is 0.205 e. The third-order valence-corrected chi connectivity index (χ3v) is 5.19. The first-order valence-corrected chi connectivity index (χ1v) is 9.43. The van der Waals surface area contributed by atoms with Crippen LogP contribution >= 0.6 is 0 Å². The molecule has 2 aromatic carbocycles. The van der Waals surface area contributed by atoms with Gasteiger partial charge in [0.25, 0.3) is 0 Å². The minimum absolute atomic E-state index is 0.102. The lowest BCUT2D eigenvalue weighted by Crippen LogP contribution is -3.27. The van der Waals surface area contributed by atoms with E-state index in [9.17, 15) is 4.39 Å². The first-order valence-electron chi connectivity index (χ1n) is 9.43. The summed E-state index contributed by atoms with van der Waals surface area (Å²) in [5.74, 6) is 0.563. The zero-order chi connectivity index (χ0) is 18.6. The molecular weight excluding hydrogens is 343 g/mol. The fraction of sp³-hybridized carbons (Fsp3) is 0.350. The first-order chi connectivity index (χ1) is 13.2. The van der Waals surface area contributed by atoms with E-state index in [-0.39, 0.29) is 5.82 Å². The molecule has 140 valence electrons. The third-order valence-electron chi connectivity index (χ3n) is 5.19. The van der Waals surface area contributed by atoms with Crippen LogP contribution in [0, 0.1) is 12.7 Å². The second kappa shape index (κ2) is 7.94. The number of rotatable bonds is 5. The van der Waals surface area contributed by atoms with Crippen LogP contribution in [0.5, 0.6) is 0 Å². The van der Waals surface area contributed by atoms with E-state index >= 15 is 0 Å². The van der Waals surface area contributed by atoms with Crippen molar-refractivity contribution in [1.82, 2.24) is 20.2 Å². The fourth-order valence-corrected chi connectivity index (χ4v) is 3.53. The van der Waals surface area contributed by atoms with Crippen molar-refractivity contribution in [2.45, 2.75) is 20.1 Å². The Bertz CT molecular complexity index is 883. The van der Waals surface area contributed by atoms with Gasteiger partial charge >= 0.3 is 0 Å². The number of aryl methyl sites for hydroxylation is 1. The van der Waals surface area contributed by atoms with Crippen LogP contribution in [0.2, 0.25) is 0 Å². The normalized spacial score (nSPS) is 19.9. The highest BCUT2D eigenvalue weighted by Crippen LogP contribution is 2.13. The molecule has 0 unspecified atom stereocenters. The topological polar surface area (TPSA) is 52.5 Å². The molecule has 7 heteroatoms. The maximum atomic E-state index is 13.8. The Balaban J connectivity index is 1.31. The highest BCUT2D eigenvalue weighted by molar-refractivity contribution is 5.53. The summed E-state index contributed by atoms with van der Waals surface area (Å²) in [5, 5.41) is 12.9. The van der Waals surface area contributed by atoms with Crippen molar-refractivity contribution in [3.63, 3.8) is 0 Å². The molecule has 0 atom stereocenters. The van der Waals surface area contributed by atoms with Crippen molar-refractivity contribution in [3.8, 4) is 11.4 Å². The second-order valence-corrected chi connectivity index (χ2v) is 7.28. The number of nitrogens with zero attached hydrogens (tertiary/aromatic N) is 4. The van der Waals surface area contributed by atoms with Gasteiger partial charge in [0, 0.05) is 11.1 Å². The molecule has 0 amide bonds. The molecule has 0 bridgehead atoms. The third kappa shape index (κ3) is 4.37. The average molecular weight is 368 g/mol. The fourth-order valence-electron chi connectivity index (χ4n) is 3.53. The summed E-state index contributed by atoms with van der Waals surface area (Å²) in [6.45, 7) is 7.60. The minimum Gasteiger partial charge on any atom is -0.322 e. The summed E-state index contributed by atoms with van der Waals surface area (Å²) in [6.07, 6.45) is 0. The summed E-state index contributed by atoms with van der Waals surface area (Å²) in [5.41, 5.74) is 3.00. The molecule has 6 nitrogen and oxygen atoms in total. The van der Waals surface area contributed by atoms with Crippen molar-refractivity contribution < 1.29 is 14.2 Å². The van der Waals surface area contributed by atoms with Gasteiger partial charge in [-0.2, -0.15) is 0 Å². The number of hydrogen-bond acceptors (Lipinski definition) is 3. The van der Waals surface area contributed by atoms with Crippen molar-refractivity contribution >= 4 is 0 Å². The van der Waals surface area contributed by atoms with E-state index in [1.54, 1.807) is 10.9 Å². The van der Waals surface area contributed by atoms with Gasteiger partial charge in [-0.15, -0.1) is 15.0 Å². The Morgan fingerprint density at radius 3 is 2.41 bits per heavy atom. The van der Waals surface area contributed by atoms with Crippen LogP contribution < -0.4 is 9.80 Å². The standard InChI is InChI=1S/C20H23FN6/c1-16-6-8-17(9-7-16)20-22-24-27(23-20)15-26-12-10-25(11-13-26)14-18-4-2-3-5-19(18)21/h2-9H,10-15H2,1H3/p+2. The zero-order valence-corrected chi connectivity index (χ0v) is 15.5. The first kappa shape index (κ1) is 17.8. The lowest BCUT2D eigenvalue weighted by Gasteiger charge is -2.29. The van der Waals surface area contributed by atoms with Gasteiger partial charge in [0.1, 0.15) is 38.5 Å². The molecule has 3 aromatic rings. The highest BCUT2D eigenvalue weighted by Gasteiger charge is 2.24. The summed E-state index contributed by atoms with van der Waals surface area (Å²) in [7, 11) is 0. The van der Waals surface area contributed by atoms with E-state index in [4.69, 9.17) is 0 Å². The van der Waals surface area contributed by atoms with Crippen LogP contribution in [-0.4, -0.2) is 46.4 Å². The Labute approximate surface area is 158 Å². The molecule has 4 rings (SSSR count). The van der Waals surface area contributed by atoms with Crippen LogP contribution in [0.25, 0.3) is 11.4 Å². The molecule has 0 radical (unpaired) electrons. The summed E-state index contributed by atoms with van der Waals surface area (Å²) in [4.78, 5) is 4.54. The molecule has 1 aliphatic heterocycles. The van der Waals surface area contributed by atoms with Crippen LogP contribution in [0.3, 0.4) is 0 Å². The molecule has 0 aliphatic carbocycles. The quantitative estimate of drug-likeness (QED) is 0.652. The Morgan fingerprint density at radius 1 is 0.963 bits per heavy atom. The molecule has 27 heavy (non-hydrogen) atoms. The zero-order valence-electron chi connectivity index (χ0n) is 15.5. The molecule has 1 aromatic heterocycles. The molecule has 0 spiro atoms. The second-order valence-electron chi connectivity index (χ2n) is 7.28. The van der Waals surface area contributed by atoms with E-state index in [1.807, 2.05) is 24.3 Å². The predicted octanol–water partition coefficient (Wildman–Crippen LogP) is -0.271. The van der Waals surface area contributed by atoms with Crippen molar-refractivity contribution in [2.75, 3.05) is 26.2 Å². The number of nitrogens with one attached hydrogen (secondary N) is 2.